The molecule has 0 spiro atoms. The molecule has 0 aliphatic carbocycles. The first-order valence-electron chi connectivity index (χ1n) is 9.96. The lowest BCUT2D eigenvalue weighted by molar-refractivity contribution is 0.270. The van der Waals surface area contributed by atoms with E-state index in [0.29, 0.717) is 11.6 Å². The molecule has 0 amide bonds. The third kappa shape index (κ3) is 5.49. The Hall–Kier alpha value is -1.64. The maximum absolute atomic E-state index is 5.68. The summed E-state index contributed by atoms with van der Waals surface area (Å²) in [6.07, 6.45) is 4.98. The first-order chi connectivity index (χ1) is 14.0. The minimum atomic E-state index is 0.268. The molecule has 0 fully saturated rings. The molecule has 0 bridgehead atoms. The van der Waals surface area contributed by atoms with Crippen LogP contribution in [0, 0.1) is 0 Å². The zero-order valence-corrected chi connectivity index (χ0v) is 19.8. The molecular formula is C21H28BrN5OS. The Morgan fingerprint density at radius 3 is 2.59 bits per heavy atom. The Morgan fingerprint density at radius 2 is 1.93 bits per heavy atom. The topological polar surface area (TPSA) is 60.0 Å². The lowest BCUT2D eigenvalue weighted by Crippen LogP contribution is -2.23. The van der Waals surface area contributed by atoms with Gasteiger partial charge in [-0.2, -0.15) is 0 Å². The van der Waals surface area contributed by atoms with E-state index in [1.807, 2.05) is 24.3 Å². The van der Waals surface area contributed by atoms with Crippen LogP contribution in [0.4, 0.5) is 0 Å². The van der Waals surface area contributed by atoms with E-state index >= 15 is 0 Å². The zero-order valence-electron chi connectivity index (χ0n) is 17.4. The molecule has 8 heteroatoms. The number of thioether (sulfide) groups is 1. The summed E-state index contributed by atoms with van der Waals surface area (Å²) in [7, 11) is 4.19. The number of hydrogen-bond donors (Lipinski definition) is 0. The number of oxazole rings is 1. The van der Waals surface area contributed by atoms with E-state index in [4.69, 9.17) is 4.42 Å². The van der Waals surface area contributed by atoms with Gasteiger partial charge in [-0.15, -0.1) is 10.2 Å². The van der Waals surface area contributed by atoms with Gasteiger partial charge in [0.25, 0.3) is 0 Å². The Labute approximate surface area is 185 Å². The first kappa shape index (κ1) is 22.1. The molecule has 2 heterocycles. The molecule has 2 aromatic heterocycles. The van der Waals surface area contributed by atoms with Crippen molar-refractivity contribution >= 4 is 27.7 Å². The quantitative estimate of drug-likeness (QED) is 0.343. The maximum atomic E-state index is 5.68. The van der Waals surface area contributed by atoms with Crippen LogP contribution in [0.25, 0.3) is 11.5 Å². The zero-order chi connectivity index (χ0) is 20.8. The Balaban J connectivity index is 1.74. The number of aromatic nitrogens is 4. The van der Waals surface area contributed by atoms with E-state index in [-0.39, 0.29) is 6.04 Å². The Kier molecular flexibility index (Phi) is 7.91. The van der Waals surface area contributed by atoms with Crippen LogP contribution in [0.2, 0.25) is 0 Å². The second kappa shape index (κ2) is 10.4. The van der Waals surface area contributed by atoms with Crippen molar-refractivity contribution in [1.82, 2.24) is 24.6 Å². The largest absolute Gasteiger partial charge is 0.444 e. The SMILES string of the molecule is CCCCn1c(SCc2coc(-c3ccc(Br)cc3)n2)nnc1C(CC)N(C)C. The van der Waals surface area contributed by atoms with Crippen molar-refractivity contribution in [2.75, 3.05) is 14.1 Å². The van der Waals surface area contributed by atoms with Gasteiger partial charge in [0.1, 0.15) is 6.26 Å². The molecule has 1 aromatic carbocycles. The molecule has 1 atom stereocenters. The van der Waals surface area contributed by atoms with E-state index in [9.17, 15) is 0 Å². The van der Waals surface area contributed by atoms with Crippen molar-refractivity contribution in [2.45, 2.75) is 56.6 Å². The van der Waals surface area contributed by atoms with E-state index in [2.05, 4.69) is 68.5 Å². The van der Waals surface area contributed by atoms with Crippen molar-refractivity contribution in [3.63, 3.8) is 0 Å². The summed E-state index contributed by atoms with van der Waals surface area (Å²) >= 11 is 5.11. The van der Waals surface area contributed by atoms with Crippen LogP contribution >= 0.6 is 27.7 Å². The fourth-order valence-electron chi connectivity index (χ4n) is 3.20. The van der Waals surface area contributed by atoms with Crippen LogP contribution < -0.4 is 0 Å². The van der Waals surface area contributed by atoms with Gasteiger partial charge in [-0.05, 0) is 51.2 Å². The molecule has 1 unspecified atom stereocenters. The molecule has 0 aliphatic rings. The summed E-state index contributed by atoms with van der Waals surface area (Å²) in [5.41, 5.74) is 1.87. The first-order valence-corrected chi connectivity index (χ1v) is 11.7. The minimum absolute atomic E-state index is 0.268. The van der Waals surface area contributed by atoms with Gasteiger partial charge in [-0.25, -0.2) is 4.98 Å². The molecule has 0 saturated heterocycles. The van der Waals surface area contributed by atoms with Crippen LogP contribution in [-0.2, 0) is 12.3 Å². The van der Waals surface area contributed by atoms with Crippen LogP contribution in [0.1, 0.15) is 50.7 Å². The number of nitrogens with zero attached hydrogens (tertiary/aromatic N) is 5. The molecular weight excluding hydrogens is 450 g/mol. The fraction of sp³-hybridized carbons (Fsp3) is 0.476. The van der Waals surface area contributed by atoms with E-state index < -0.39 is 0 Å². The van der Waals surface area contributed by atoms with E-state index in [1.165, 1.54) is 0 Å². The van der Waals surface area contributed by atoms with Gasteiger partial charge in [-0.3, -0.25) is 4.90 Å². The number of hydrogen-bond acceptors (Lipinski definition) is 6. The van der Waals surface area contributed by atoms with Crippen molar-refractivity contribution < 1.29 is 4.42 Å². The Morgan fingerprint density at radius 1 is 1.17 bits per heavy atom. The molecule has 0 saturated carbocycles. The second-order valence-corrected chi connectivity index (χ2v) is 9.03. The molecule has 6 nitrogen and oxygen atoms in total. The van der Waals surface area contributed by atoms with Gasteiger partial charge in [0, 0.05) is 22.3 Å². The average molecular weight is 478 g/mol. The highest BCUT2D eigenvalue weighted by molar-refractivity contribution is 9.10. The van der Waals surface area contributed by atoms with Gasteiger partial charge in [0.05, 0.1) is 11.7 Å². The number of rotatable bonds is 10. The molecule has 0 N–H and O–H groups in total. The third-order valence-electron chi connectivity index (χ3n) is 4.78. The highest BCUT2D eigenvalue weighted by Gasteiger charge is 2.22. The van der Waals surface area contributed by atoms with Crippen molar-refractivity contribution in [2.24, 2.45) is 0 Å². The molecule has 3 rings (SSSR count). The monoisotopic (exact) mass is 477 g/mol. The summed E-state index contributed by atoms with van der Waals surface area (Å²) in [5, 5.41) is 9.98. The van der Waals surface area contributed by atoms with Crippen molar-refractivity contribution in [1.29, 1.82) is 0 Å². The van der Waals surface area contributed by atoms with Gasteiger partial charge in [0.15, 0.2) is 11.0 Å². The fourth-order valence-corrected chi connectivity index (χ4v) is 4.31. The molecule has 0 aliphatic heterocycles. The Bertz CT molecular complexity index is 906. The highest BCUT2D eigenvalue weighted by atomic mass is 79.9. The molecule has 3 aromatic rings. The maximum Gasteiger partial charge on any atom is 0.226 e. The normalized spacial score (nSPS) is 12.6. The van der Waals surface area contributed by atoms with E-state index in [0.717, 1.165) is 52.5 Å². The summed E-state index contributed by atoms with van der Waals surface area (Å²) in [4.78, 5) is 6.85. The van der Waals surface area contributed by atoms with Crippen molar-refractivity contribution in [3.8, 4) is 11.5 Å². The molecule has 0 radical (unpaired) electrons. The van der Waals surface area contributed by atoms with E-state index in [1.54, 1.807) is 18.0 Å². The van der Waals surface area contributed by atoms with Crippen LogP contribution in [-0.4, -0.2) is 38.7 Å². The predicted octanol–water partition coefficient (Wildman–Crippen LogP) is 5.80. The summed E-state index contributed by atoms with van der Waals surface area (Å²) in [5.74, 6) is 2.38. The summed E-state index contributed by atoms with van der Waals surface area (Å²) < 4.78 is 8.99. The smallest absolute Gasteiger partial charge is 0.226 e. The van der Waals surface area contributed by atoms with Gasteiger partial charge in [-0.1, -0.05) is 48.0 Å². The van der Waals surface area contributed by atoms with Crippen LogP contribution in [0.15, 0.2) is 44.6 Å². The molecule has 156 valence electrons. The highest BCUT2D eigenvalue weighted by Crippen LogP contribution is 2.28. The molecule has 29 heavy (non-hydrogen) atoms. The van der Waals surface area contributed by atoms with Gasteiger partial charge >= 0.3 is 0 Å². The summed E-state index contributed by atoms with van der Waals surface area (Å²) in [6.45, 7) is 5.34. The van der Waals surface area contributed by atoms with Gasteiger partial charge in [0.2, 0.25) is 5.89 Å². The average Bonchev–Trinajstić information content (AvgIpc) is 3.33. The number of unbranched alkanes of at least 4 members (excludes halogenated alkanes) is 1. The standard InChI is InChI=1S/C21H28BrN5OS/c1-5-7-12-27-19(18(6-2)26(3)4)24-25-21(27)29-14-17-13-28-20(23-17)15-8-10-16(22)11-9-15/h8-11,13,18H,5-7,12,14H2,1-4H3. The minimum Gasteiger partial charge on any atom is -0.444 e. The van der Waals surface area contributed by atoms with Crippen LogP contribution in [0.3, 0.4) is 0 Å². The summed E-state index contributed by atoms with van der Waals surface area (Å²) in [6, 6.07) is 8.23. The van der Waals surface area contributed by atoms with Crippen molar-refractivity contribution in [3.05, 3.63) is 46.5 Å². The second-order valence-electron chi connectivity index (χ2n) is 7.17. The lowest BCUT2D eigenvalue weighted by Gasteiger charge is -2.23. The predicted molar refractivity (Wildman–Crippen MR) is 121 cm³/mol. The van der Waals surface area contributed by atoms with Crippen LogP contribution in [0.5, 0.6) is 0 Å². The number of benzene rings is 1. The third-order valence-corrected chi connectivity index (χ3v) is 6.31. The number of halogens is 1. The lowest BCUT2D eigenvalue weighted by atomic mass is 10.2. The van der Waals surface area contributed by atoms with Gasteiger partial charge < -0.3 is 8.98 Å².